The molecule has 2 rings (SSSR count). The second-order valence-corrected chi connectivity index (χ2v) is 4.88. The summed E-state index contributed by atoms with van der Waals surface area (Å²) >= 11 is 0. The molecule has 1 fully saturated rings. The monoisotopic (exact) mass is 251 g/mol. The number of hydrogen-bond donors (Lipinski definition) is 0. The molecule has 0 aromatic carbocycles. The Hall–Kier alpha value is -1.23. The first kappa shape index (κ1) is 13.2. The van der Waals surface area contributed by atoms with Crippen molar-refractivity contribution in [3.8, 4) is 0 Å². The predicted octanol–water partition coefficient (Wildman–Crippen LogP) is 1.97. The predicted molar refractivity (Wildman–Crippen MR) is 67.0 cm³/mol. The summed E-state index contributed by atoms with van der Waals surface area (Å²) in [6.45, 7) is 3.68. The molecule has 0 N–H and O–H groups in total. The Labute approximate surface area is 108 Å². The zero-order valence-corrected chi connectivity index (χ0v) is 11.0. The summed E-state index contributed by atoms with van der Waals surface area (Å²) in [6, 6.07) is 0.0183. The number of carbonyl (C=O) groups is 1. The lowest BCUT2D eigenvalue weighted by Gasteiger charge is -2.30. The van der Waals surface area contributed by atoms with E-state index in [1.54, 1.807) is 0 Å². The lowest BCUT2D eigenvalue weighted by molar-refractivity contribution is -0.113. The van der Waals surface area contributed by atoms with Crippen LogP contribution in [0.25, 0.3) is 0 Å². The standard InChI is InChI=1S/C13H21N3O2/c1-2-3-7-12-14-13(18-15-12)9-16-8-5-4-6-11(16)10-17/h10-11H,2-9H2,1H3. The van der Waals surface area contributed by atoms with Crippen LogP contribution in [0.5, 0.6) is 0 Å². The van der Waals surface area contributed by atoms with Crippen LogP contribution in [0.1, 0.15) is 50.7 Å². The van der Waals surface area contributed by atoms with E-state index in [0.717, 1.165) is 57.2 Å². The van der Waals surface area contributed by atoms with Crippen molar-refractivity contribution in [3.05, 3.63) is 11.7 Å². The maximum Gasteiger partial charge on any atom is 0.240 e. The number of hydrogen-bond acceptors (Lipinski definition) is 5. The lowest BCUT2D eigenvalue weighted by atomic mass is 10.0. The van der Waals surface area contributed by atoms with E-state index in [9.17, 15) is 4.79 Å². The Morgan fingerprint density at radius 3 is 3.17 bits per heavy atom. The summed E-state index contributed by atoms with van der Waals surface area (Å²) in [4.78, 5) is 17.5. The molecule has 2 heterocycles. The maximum absolute atomic E-state index is 11.0. The first-order chi connectivity index (χ1) is 8.83. The molecule has 5 nitrogen and oxygen atoms in total. The Bertz CT molecular complexity index is 378. The third-order valence-corrected chi connectivity index (χ3v) is 3.42. The molecule has 0 radical (unpaired) electrons. The van der Waals surface area contributed by atoms with Crippen molar-refractivity contribution in [1.82, 2.24) is 15.0 Å². The molecule has 1 atom stereocenters. The summed E-state index contributed by atoms with van der Waals surface area (Å²) in [7, 11) is 0. The Kier molecular flexibility index (Phi) is 4.87. The van der Waals surface area contributed by atoms with E-state index in [1.165, 1.54) is 0 Å². The number of piperidine rings is 1. The van der Waals surface area contributed by atoms with Gasteiger partial charge in [-0.2, -0.15) is 4.98 Å². The van der Waals surface area contributed by atoms with Gasteiger partial charge in [-0.15, -0.1) is 0 Å². The highest BCUT2D eigenvalue weighted by atomic mass is 16.5. The zero-order valence-electron chi connectivity index (χ0n) is 11.0. The number of aromatic nitrogens is 2. The third kappa shape index (κ3) is 3.38. The van der Waals surface area contributed by atoms with Gasteiger partial charge < -0.3 is 9.32 Å². The summed E-state index contributed by atoms with van der Waals surface area (Å²) < 4.78 is 5.24. The van der Waals surface area contributed by atoms with E-state index in [0.29, 0.717) is 12.4 Å². The third-order valence-electron chi connectivity index (χ3n) is 3.42. The van der Waals surface area contributed by atoms with E-state index >= 15 is 0 Å². The summed E-state index contributed by atoms with van der Waals surface area (Å²) in [6.07, 6.45) is 7.33. The highest BCUT2D eigenvalue weighted by Gasteiger charge is 2.23. The van der Waals surface area contributed by atoms with Crippen molar-refractivity contribution in [3.63, 3.8) is 0 Å². The van der Waals surface area contributed by atoms with Crippen LogP contribution in [0, 0.1) is 0 Å². The Balaban J connectivity index is 1.91. The fourth-order valence-corrected chi connectivity index (χ4v) is 2.33. The molecule has 1 unspecified atom stereocenters. The molecule has 100 valence electrons. The molecule has 1 aliphatic rings. The number of aryl methyl sites for hydroxylation is 1. The number of rotatable bonds is 6. The van der Waals surface area contributed by atoms with Gasteiger partial charge in [0.15, 0.2) is 5.82 Å². The normalized spacial score (nSPS) is 21.1. The van der Waals surface area contributed by atoms with Crippen LogP contribution in [-0.4, -0.2) is 33.9 Å². The number of unbranched alkanes of at least 4 members (excludes halogenated alkanes) is 1. The smallest absolute Gasteiger partial charge is 0.240 e. The molecule has 0 aliphatic carbocycles. The molecule has 0 amide bonds. The van der Waals surface area contributed by atoms with Gasteiger partial charge in [-0.05, 0) is 25.8 Å². The molecule has 0 spiro atoms. The van der Waals surface area contributed by atoms with Gasteiger partial charge in [0, 0.05) is 6.42 Å². The molecule has 1 aromatic rings. The minimum Gasteiger partial charge on any atom is -0.338 e. The van der Waals surface area contributed by atoms with Crippen LogP contribution in [0.3, 0.4) is 0 Å². The van der Waals surface area contributed by atoms with Crippen LogP contribution >= 0.6 is 0 Å². The number of likely N-dealkylation sites (tertiary alicyclic amines) is 1. The van der Waals surface area contributed by atoms with Gasteiger partial charge in [0.05, 0.1) is 12.6 Å². The van der Waals surface area contributed by atoms with E-state index in [2.05, 4.69) is 22.0 Å². The second kappa shape index (κ2) is 6.64. The van der Waals surface area contributed by atoms with Gasteiger partial charge in [-0.3, -0.25) is 4.90 Å². The van der Waals surface area contributed by atoms with Crippen LogP contribution in [0.2, 0.25) is 0 Å². The van der Waals surface area contributed by atoms with E-state index in [4.69, 9.17) is 4.52 Å². The molecule has 1 saturated heterocycles. The van der Waals surface area contributed by atoms with Crippen LogP contribution in [0.4, 0.5) is 0 Å². The first-order valence-electron chi connectivity index (χ1n) is 6.84. The maximum atomic E-state index is 11.0. The van der Waals surface area contributed by atoms with Crippen molar-refractivity contribution < 1.29 is 9.32 Å². The van der Waals surface area contributed by atoms with Crippen LogP contribution in [0.15, 0.2) is 4.52 Å². The van der Waals surface area contributed by atoms with E-state index < -0.39 is 0 Å². The van der Waals surface area contributed by atoms with Crippen molar-refractivity contribution >= 4 is 6.29 Å². The van der Waals surface area contributed by atoms with Gasteiger partial charge in [0.1, 0.15) is 6.29 Å². The molecule has 0 saturated carbocycles. The van der Waals surface area contributed by atoms with Crippen molar-refractivity contribution in [1.29, 1.82) is 0 Å². The van der Waals surface area contributed by atoms with E-state index in [-0.39, 0.29) is 6.04 Å². The first-order valence-corrected chi connectivity index (χ1v) is 6.84. The largest absolute Gasteiger partial charge is 0.338 e. The molecule has 1 aliphatic heterocycles. The molecule has 18 heavy (non-hydrogen) atoms. The molecule has 5 heteroatoms. The average Bonchev–Trinajstić information content (AvgIpc) is 2.84. The van der Waals surface area contributed by atoms with Crippen molar-refractivity contribution in [2.75, 3.05) is 6.54 Å². The second-order valence-electron chi connectivity index (χ2n) is 4.88. The van der Waals surface area contributed by atoms with Gasteiger partial charge >= 0.3 is 0 Å². The average molecular weight is 251 g/mol. The summed E-state index contributed by atoms with van der Waals surface area (Å²) in [5.74, 6) is 1.42. The molecule has 1 aromatic heterocycles. The Morgan fingerprint density at radius 2 is 2.39 bits per heavy atom. The number of aldehydes is 1. The summed E-state index contributed by atoms with van der Waals surface area (Å²) in [5.41, 5.74) is 0. The Morgan fingerprint density at radius 1 is 1.50 bits per heavy atom. The quantitative estimate of drug-likeness (QED) is 0.723. The van der Waals surface area contributed by atoms with Crippen molar-refractivity contribution in [2.45, 2.75) is 58.0 Å². The number of nitrogens with zero attached hydrogens (tertiary/aromatic N) is 3. The molecular formula is C13H21N3O2. The fourth-order valence-electron chi connectivity index (χ4n) is 2.33. The zero-order chi connectivity index (χ0) is 12.8. The van der Waals surface area contributed by atoms with Crippen LogP contribution < -0.4 is 0 Å². The topological polar surface area (TPSA) is 59.2 Å². The van der Waals surface area contributed by atoms with Gasteiger partial charge in [-0.25, -0.2) is 0 Å². The minimum absolute atomic E-state index is 0.0183. The summed E-state index contributed by atoms with van der Waals surface area (Å²) in [5, 5.41) is 3.97. The fraction of sp³-hybridized carbons (Fsp3) is 0.769. The van der Waals surface area contributed by atoms with Crippen LogP contribution in [-0.2, 0) is 17.8 Å². The highest BCUT2D eigenvalue weighted by Crippen LogP contribution is 2.17. The molecule has 0 bridgehead atoms. The molecular weight excluding hydrogens is 230 g/mol. The SMILES string of the molecule is CCCCc1noc(CN2CCCCC2C=O)n1. The van der Waals surface area contributed by atoms with Gasteiger partial charge in [-0.1, -0.05) is 24.9 Å². The van der Waals surface area contributed by atoms with Crippen molar-refractivity contribution in [2.24, 2.45) is 0 Å². The van der Waals surface area contributed by atoms with E-state index in [1.807, 2.05) is 0 Å². The van der Waals surface area contributed by atoms with Gasteiger partial charge in [0.2, 0.25) is 5.89 Å². The number of carbonyl (C=O) groups excluding carboxylic acids is 1. The minimum atomic E-state index is 0.0183. The van der Waals surface area contributed by atoms with Gasteiger partial charge in [0.25, 0.3) is 0 Å². The highest BCUT2D eigenvalue weighted by molar-refractivity contribution is 5.57. The lowest BCUT2D eigenvalue weighted by Crippen LogP contribution is -2.39.